The highest BCUT2D eigenvalue weighted by Gasteiger charge is 2.25. The Labute approximate surface area is 172 Å². The maximum absolute atomic E-state index is 12.8. The van der Waals surface area contributed by atoms with Crippen molar-refractivity contribution in [2.45, 2.75) is 19.5 Å². The second kappa shape index (κ2) is 7.52. The van der Waals surface area contributed by atoms with E-state index in [-0.39, 0.29) is 12.6 Å². The zero-order chi connectivity index (χ0) is 20.7. The summed E-state index contributed by atoms with van der Waals surface area (Å²) in [6, 6.07) is 6.03. The topological polar surface area (TPSA) is 89.7 Å². The molecule has 1 aliphatic heterocycles. The number of hydrogen-bond acceptors (Lipinski definition) is 6. The zero-order valence-electron chi connectivity index (χ0n) is 16.9. The lowest BCUT2D eigenvalue weighted by Crippen LogP contribution is -2.44. The Morgan fingerprint density at radius 2 is 2.20 bits per heavy atom. The van der Waals surface area contributed by atoms with Crippen LogP contribution in [0.1, 0.15) is 6.92 Å². The first-order valence-electron chi connectivity index (χ1n) is 9.97. The third-order valence-corrected chi connectivity index (χ3v) is 5.43. The van der Waals surface area contributed by atoms with Gasteiger partial charge < -0.3 is 9.64 Å². The highest BCUT2D eigenvalue weighted by atomic mass is 19.1. The van der Waals surface area contributed by atoms with E-state index < -0.39 is 6.67 Å². The van der Waals surface area contributed by atoms with Crippen LogP contribution in [-0.4, -0.2) is 67.2 Å². The molecule has 0 saturated carbocycles. The molecule has 1 saturated heterocycles. The number of aromatic nitrogens is 7. The van der Waals surface area contributed by atoms with Crippen molar-refractivity contribution in [3.63, 3.8) is 0 Å². The lowest BCUT2D eigenvalue weighted by atomic mass is 10.1. The fourth-order valence-corrected chi connectivity index (χ4v) is 3.96. The van der Waals surface area contributed by atoms with E-state index in [1.165, 1.54) is 0 Å². The summed E-state index contributed by atoms with van der Waals surface area (Å²) in [5, 5.41) is 16.3. The molecule has 5 heterocycles. The number of nitrogens with one attached hydrogen (secondary N) is 1. The van der Waals surface area contributed by atoms with Gasteiger partial charge in [0.1, 0.15) is 23.7 Å². The monoisotopic (exact) mass is 410 g/mol. The normalized spacial score (nSPS) is 17.2. The number of aryl methyl sites for hydroxylation is 2. The van der Waals surface area contributed by atoms with Crippen LogP contribution in [0.15, 0.2) is 30.6 Å². The van der Waals surface area contributed by atoms with Crippen LogP contribution in [0, 0.1) is 0 Å². The average molecular weight is 410 g/mol. The summed E-state index contributed by atoms with van der Waals surface area (Å²) in [6.07, 6.45) is 3.49. The van der Waals surface area contributed by atoms with Crippen molar-refractivity contribution in [1.29, 1.82) is 0 Å². The lowest BCUT2D eigenvalue weighted by Gasteiger charge is -2.34. The largest absolute Gasteiger partial charge is 0.377 e. The molecule has 10 heteroatoms. The van der Waals surface area contributed by atoms with Crippen LogP contribution >= 0.6 is 0 Å². The molecule has 0 aliphatic carbocycles. The summed E-state index contributed by atoms with van der Waals surface area (Å²) in [4.78, 5) is 7.24. The summed E-state index contributed by atoms with van der Waals surface area (Å²) in [6.45, 7) is 3.96. The van der Waals surface area contributed by atoms with E-state index >= 15 is 0 Å². The predicted molar refractivity (Wildman–Crippen MR) is 111 cm³/mol. The SMILES string of the molecule is CC1COCCN1c1cc(-c2ccn(CCF)n2)c2c(n1)c(-c1ccn[nH]1)nn2C. The summed E-state index contributed by atoms with van der Waals surface area (Å²) in [7, 11) is 1.89. The zero-order valence-corrected chi connectivity index (χ0v) is 16.9. The maximum atomic E-state index is 12.8. The maximum Gasteiger partial charge on any atom is 0.136 e. The number of pyridine rings is 1. The van der Waals surface area contributed by atoms with Crippen LogP contribution in [0.4, 0.5) is 10.2 Å². The first-order valence-corrected chi connectivity index (χ1v) is 9.97. The Morgan fingerprint density at radius 1 is 1.30 bits per heavy atom. The molecule has 1 N–H and O–H groups in total. The Hall–Kier alpha value is -3.27. The molecule has 0 aromatic carbocycles. The van der Waals surface area contributed by atoms with E-state index in [2.05, 4.69) is 27.1 Å². The van der Waals surface area contributed by atoms with E-state index in [9.17, 15) is 4.39 Å². The first-order chi connectivity index (χ1) is 14.7. The van der Waals surface area contributed by atoms with E-state index in [0.29, 0.717) is 13.2 Å². The van der Waals surface area contributed by atoms with Crippen molar-refractivity contribution in [3.8, 4) is 22.6 Å². The van der Waals surface area contributed by atoms with E-state index in [1.807, 2.05) is 29.9 Å². The van der Waals surface area contributed by atoms with Gasteiger partial charge in [0.25, 0.3) is 0 Å². The van der Waals surface area contributed by atoms with Gasteiger partial charge in [0, 0.05) is 31.5 Å². The standard InChI is InChI=1S/C20H23FN8O/c1-13-12-30-10-9-29(13)17-11-14(15-4-7-28(25-15)8-5-21)20-19(23-17)18(26-27(20)2)16-3-6-22-24-16/h3-4,6-7,11,13H,5,8-10,12H2,1-2H3,(H,22,24). The van der Waals surface area contributed by atoms with Gasteiger partial charge in [-0.25, -0.2) is 9.37 Å². The average Bonchev–Trinajstić information content (AvgIpc) is 3.49. The summed E-state index contributed by atoms with van der Waals surface area (Å²) >= 11 is 0. The molecule has 1 unspecified atom stereocenters. The van der Waals surface area contributed by atoms with Crippen LogP contribution in [0.25, 0.3) is 33.7 Å². The molecule has 30 heavy (non-hydrogen) atoms. The number of fused-ring (bicyclic) bond motifs is 1. The number of morpholine rings is 1. The fourth-order valence-electron chi connectivity index (χ4n) is 3.96. The van der Waals surface area contributed by atoms with Gasteiger partial charge in [-0.2, -0.15) is 15.3 Å². The highest BCUT2D eigenvalue weighted by molar-refractivity contribution is 5.99. The molecule has 1 atom stereocenters. The molecule has 1 aliphatic rings. The van der Waals surface area contributed by atoms with Crippen LogP contribution in [0.3, 0.4) is 0 Å². The van der Waals surface area contributed by atoms with E-state index in [1.54, 1.807) is 17.1 Å². The van der Waals surface area contributed by atoms with Gasteiger partial charge in [0.05, 0.1) is 42.7 Å². The predicted octanol–water partition coefficient (Wildman–Crippen LogP) is 2.42. The number of halogens is 1. The van der Waals surface area contributed by atoms with E-state index in [0.717, 1.165) is 46.0 Å². The number of H-pyrrole nitrogens is 1. The molecule has 4 aromatic rings. The lowest BCUT2D eigenvalue weighted by molar-refractivity contribution is 0.0986. The second-order valence-electron chi connectivity index (χ2n) is 7.44. The summed E-state index contributed by atoms with van der Waals surface area (Å²) < 4.78 is 21.8. The third kappa shape index (κ3) is 3.13. The fraction of sp³-hybridized carbons (Fsp3) is 0.400. The van der Waals surface area contributed by atoms with Crippen LogP contribution in [0.2, 0.25) is 0 Å². The van der Waals surface area contributed by atoms with Gasteiger partial charge >= 0.3 is 0 Å². The smallest absolute Gasteiger partial charge is 0.136 e. The minimum Gasteiger partial charge on any atom is -0.377 e. The van der Waals surface area contributed by atoms with E-state index in [4.69, 9.17) is 14.8 Å². The Balaban J connectivity index is 1.74. The number of hydrogen-bond donors (Lipinski definition) is 1. The van der Waals surface area contributed by atoms with Gasteiger partial charge in [0.15, 0.2) is 0 Å². The summed E-state index contributed by atoms with van der Waals surface area (Å²) in [5.74, 6) is 0.849. The number of anilines is 1. The van der Waals surface area contributed by atoms with Crippen molar-refractivity contribution in [2.24, 2.45) is 7.05 Å². The molecule has 4 aromatic heterocycles. The van der Waals surface area contributed by atoms with Gasteiger partial charge in [-0.1, -0.05) is 0 Å². The molecule has 9 nitrogen and oxygen atoms in total. The van der Waals surface area contributed by atoms with Crippen molar-refractivity contribution in [2.75, 3.05) is 31.3 Å². The Bertz CT molecular complexity index is 1170. The van der Waals surface area contributed by atoms with Gasteiger partial charge in [-0.15, -0.1) is 0 Å². The Kier molecular flexibility index (Phi) is 4.70. The second-order valence-corrected chi connectivity index (χ2v) is 7.44. The van der Waals surface area contributed by atoms with Crippen LogP contribution in [-0.2, 0) is 18.3 Å². The molecule has 1 fully saturated rings. The van der Waals surface area contributed by atoms with Gasteiger partial charge in [-0.05, 0) is 25.1 Å². The van der Waals surface area contributed by atoms with Crippen molar-refractivity contribution in [3.05, 3.63) is 30.6 Å². The highest BCUT2D eigenvalue weighted by Crippen LogP contribution is 2.35. The van der Waals surface area contributed by atoms with Crippen molar-refractivity contribution >= 4 is 16.9 Å². The molecule has 0 radical (unpaired) electrons. The van der Waals surface area contributed by atoms with Crippen molar-refractivity contribution < 1.29 is 9.13 Å². The quantitative estimate of drug-likeness (QED) is 0.544. The minimum absolute atomic E-state index is 0.202. The molecular weight excluding hydrogens is 387 g/mol. The number of rotatable bonds is 5. The first kappa shape index (κ1) is 18.7. The molecule has 0 amide bonds. The van der Waals surface area contributed by atoms with Crippen molar-refractivity contribution in [1.82, 2.24) is 34.7 Å². The van der Waals surface area contributed by atoms with Crippen LogP contribution < -0.4 is 4.90 Å². The Morgan fingerprint density at radius 3 is 2.97 bits per heavy atom. The molecule has 5 rings (SSSR count). The summed E-state index contributed by atoms with van der Waals surface area (Å²) in [5.41, 5.74) is 4.85. The molecule has 0 spiro atoms. The van der Waals surface area contributed by atoms with Crippen LogP contribution in [0.5, 0.6) is 0 Å². The van der Waals surface area contributed by atoms with Gasteiger partial charge in [0.2, 0.25) is 0 Å². The number of alkyl halides is 1. The van der Waals surface area contributed by atoms with Gasteiger partial charge in [-0.3, -0.25) is 14.5 Å². The third-order valence-electron chi connectivity index (χ3n) is 5.43. The number of aromatic amines is 1. The minimum atomic E-state index is -0.459. The molecular formula is C20H23FN8O. The number of ether oxygens (including phenoxy) is 1. The number of nitrogens with zero attached hydrogens (tertiary/aromatic N) is 7. The molecule has 156 valence electrons. The molecule has 0 bridgehead atoms.